The molecule has 2 heteroatoms. The van der Waals surface area contributed by atoms with Crippen molar-refractivity contribution in [3.63, 3.8) is 0 Å². The molecule has 70 valence electrons. The number of hydrogen-bond donors (Lipinski definition) is 1. The molecular formula is C11H14O2. The number of ketones is 1. The Morgan fingerprint density at radius 1 is 1.23 bits per heavy atom. The largest absolute Gasteiger partial charge is 0.384 e. The molecule has 13 heavy (non-hydrogen) atoms. The van der Waals surface area contributed by atoms with Crippen LogP contribution in [0.5, 0.6) is 0 Å². The van der Waals surface area contributed by atoms with Crippen molar-refractivity contribution in [2.24, 2.45) is 0 Å². The van der Waals surface area contributed by atoms with Crippen molar-refractivity contribution in [1.29, 1.82) is 0 Å². The minimum atomic E-state index is -0.624. The summed E-state index contributed by atoms with van der Waals surface area (Å²) in [6.07, 6.45) is 8.03. The molecular weight excluding hydrogens is 164 g/mol. The number of carbonyl (C=O) groups is 1. The van der Waals surface area contributed by atoms with Crippen LogP contribution in [-0.2, 0) is 4.79 Å². The Morgan fingerprint density at radius 3 is 2.46 bits per heavy atom. The molecule has 0 amide bonds. The summed E-state index contributed by atoms with van der Waals surface area (Å²) in [5.74, 6) is 0.0180. The van der Waals surface area contributed by atoms with E-state index in [9.17, 15) is 9.90 Å². The van der Waals surface area contributed by atoms with Gasteiger partial charge in [0.2, 0.25) is 0 Å². The fourth-order valence-corrected chi connectivity index (χ4v) is 2.14. The lowest BCUT2D eigenvalue weighted by Crippen LogP contribution is -2.12. The Kier molecular flexibility index (Phi) is 2.32. The molecule has 0 aromatic heterocycles. The smallest absolute Gasteiger partial charge is 0.184 e. The van der Waals surface area contributed by atoms with Crippen molar-refractivity contribution >= 4 is 5.78 Å². The number of hydrogen-bond acceptors (Lipinski definition) is 2. The van der Waals surface area contributed by atoms with Crippen LogP contribution in [0.2, 0.25) is 0 Å². The van der Waals surface area contributed by atoms with Gasteiger partial charge >= 0.3 is 0 Å². The lowest BCUT2D eigenvalue weighted by Gasteiger charge is -2.17. The Labute approximate surface area is 78.0 Å². The monoisotopic (exact) mass is 178 g/mol. The van der Waals surface area contributed by atoms with Crippen molar-refractivity contribution in [2.75, 3.05) is 0 Å². The van der Waals surface area contributed by atoms with Gasteiger partial charge in [-0.3, -0.25) is 4.79 Å². The molecule has 0 aromatic rings. The Balaban J connectivity index is 2.25. The summed E-state index contributed by atoms with van der Waals surface area (Å²) < 4.78 is 0. The molecule has 0 saturated heterocycles. The van der Waals surface area contributed by atoms with Crippen LogP contribution in [0.1, 0.15) is 32.1 Å². The minimum absolute atomic E-state index is 0.0180. The van der Waals surface area contributed by atoms with Crippen molar-refractivity contribution in [1.82, 2.24) is 0 Å². The van der Waals surface area contributed by atoms with Gasteiger partial charge in [0.1, 0.15) is 6.10 Å². The van der Waals surface area contributed by atoms with Crippen LogP contribution in [0.3, 0.4) is 0 Å². The van der Waals surface area contributed by atoms with E-state index in [1.807, 2.05) is 0 Å². The molecule has 0 heterocycles. The van der Waals surface area contributed by atoms with Crippen molar-refractivity contribution in [2.45, 2.75) is 38.2 Å². The maximum atomic E-state index is 11.4. The van der Waals surface area contributed by atoms with Gasteiger partial charge in [-0.2, -0.15) is 0 Å². The molecule has 1 unspecified atom stereocenters. The second kappa shape index (κ2) is 3.46. The number of aliphatic hydroxyl groups is 1. The van der Waals surface area contributed by atoms with E-state index in [1.165, 1.54) is 30.9 Å². The van der Waals surface area contributed by atoms with Gasteiger partial charge in [-0.15, -0.1) is 0 Å². The first-order valence-electron chi connectivity index (χ1n) is 4.91. The topological polar surface area (TPSA) is 37.3 Å². The van der Waals surface area contributed by atoms with E-state index >= 15 is 0 Å². The van der Waals surface area contributed by atoms with Crippen molar-refractivity contribution < 1.29 is 9.90 Å². The first-order valence-corrected chi connectivity index (χ1v) is 4.91. The van der Waals surface area contributed by atoms with Crippen LogP contribution in [0.25, 0.3) is 0 Å². The lowest BCUT2D eigenvalue weighted by molar-refractivity contribution is -0.111. The average molecular weight is 178 g/mol. The quantitative estimate of drug-likeness (QED) is 0.574. The van der Waals surface area contributed by atoms with Crippen LogP contribution >= 0.6 is 0 Å². The van der Waals surface area contributed by atoms with Gasteiger partial charge in [-0.05, 0) is 37.8 Å². The van der Waals surface area contributed by atoms with Gasteiger partial charge < -0.3 is 5.11 Å². The van der Waals surface area contributed by atoms with E-state index < -0.39 is 6.10 Å². The molecule has 2 aliphatic rings. The molecule has 0 bridgehead atoms. The summed E-state index contributed by atoms with van der Waals surface area (Å²) in [7, 11) is 0. The van der Waals surface area contributed by atoms with Crippen LogP contribution in [0, 0.1) is 0 Å². The first kappa shape index (κ1) is 8.70. The Morgan fingerprint density at radius 2 is 1.92 bits per heavy atom. The molecule has 0 aromatic carbocycles. The highest BCUT2D eigenvalue weighted by atomic mass is 16.3. The molecule has 1 fully saturated rings. The molecule has 2 nitrogen and oxygen atoms in total. The first-order chi connectivity index (χ1) is 6.29. The molecule has 0 spiro atoms. The molecule has 2 aliphatic carbocycles. The Bertz CT molecular complexity index is 278. The highest BCUT2D eigenvalue weighted by molar-refractivity contribution is 6.08. The van der Waals surface area contributed by atoms with E-state index in [0.717, 1.165) is 12.8 Å². The fraction of sp³-hybridized carbons (Fsp3) is 0.545. The number of carbonyl (C=O) groups excluding carboxylic acids is 1. The molecule has 1 saturated carbocycles. The van der Waals surface area contributed by atoms with Crippen LogP contribution in [0.4, 0.5) is 0 Å². The van der Waals surface area contributed by atoms with Gasteiger partial charge in [0.25, 0.3) is 0 Å². The molecule has 0 radical (unpaired) electrons. The Hall–Kier alpha value is -0.890. The van der Waals surface area contributed by atoms with Crippen LogP contribution in [0.15, 0.2) is 23.3 Å². The van der Waals surface area contributed by atoms with E-state index in [2.05, 4.69) is 0 Å². The highest BCUT2D eigenvalue weighted by Crippen LogP contribution is 2.29. The van der Waals surface area contributed by atoms with Gasteiger partial charge in [0, 0.05) is 5.57 Å². The van der Waals surface area contributed by atoms with Gasteiger partial charge in [-0.1, -0.05) is 12.0 Å². The molecule has 2 rings (SSSR count). The maximum Gasteiger partial charge on any atom is 0.184 e. The third-order valence-corrected chi connectivity index (χ3v) is 2.83. The molecule has 1 atom stereocenters. The van der Waals surface area contributed by atoms with Crippen LogP contribution in [-0.4, -0.2) is 17.0 Å². The average Bonchev–Trinajstić information content (AvgIpc) is 2.48. The van der Waals surface area contributed by atoms with Gasteiger partial charge in [0.05, 0.1) is 0 Å². The van der Waals surface area contributed by atoms with Crippen molar-refractivity contribution in [3.8, 4) is 0 Å². The predicted octanol–water partition coefficient (Wildman–Crippen LogP) is 1.75. The predicted molar refractivity (Wildman–Crippen MR) is 50.3 cm³/mol. The highest BCUT2D eigenvalue weighted by Gasteiger charge is 2.25. The SMILES string of the molecule is O=C1C=CC(O)C1=C1CCCCC1. The third-order valence-electron chi connectivity index (χ3n) is 2.83. The van der Waals surface area contributed by atoms with E-state index in [1.54, 1.807) is 6.08 Å². The summed E-state index contributed by atoms with van der Waals surface area (Å²) in [6.45, 7) is 0. The zero-order valence-corrected chi connectivity index (χ0v) is 7.62. The zero-order valence-electron chi connectivity index (χ0n) is 7.62. The fourth-order valence-electron chi connectivity index (χ4n) is 2.14. The maximum absolute atomic E-state index is 11.4. The van der Waals surface area contributed by atoms with Gasteiger partial charge in [-0.25, -0.2) is 0 Å². The standard InChI is InChI=1S/C11H14O2/c12-9-6-7-10(13)11(9)8-4-2-1-3-5-8/h6-7,9,12H,1-5H2. The second-order valence-corrected chi connectivity index (χ2v) is 3.75. The van der Waals surface area contributed by atoms with E-state index in [0.29, 0.717) is 5.57 Å². The summed E-state index contributed by atoms with van der Waals surface area (Å²) in [4.78, 5) is 11.4. The normalized spacial score (nSPS) is 28.7. The molecule has 0 aliphatic heterocycles. The molecule has 1 N–H and O–H groups in total. The third kappa shape index (κ3) is 1.59. The summed E-state index contributed by atoms with van der Waals surface area (Å²) in [6, 6.07) is 0. The van der Waals surface area contributed by atoms with Crippen molar-refractivity contribution in [3.05, 3.63) is 23.3 Å². The lowest BCUT2D eigenvalue weighted by atomic mass is 9.89. The summed E-state index contributed by atoms with van der Waals surface area (Å²) in [5.41, 5.74) is 1.86. The second-order valence-electron chi connectivity index (χ2n) is 3.75. The van der Waals surface area contributed by atoms with Gasteiger partial charge in [0.15, 0.2) is 5.78 Å². The minimum Gasteiger partial charge on any atom is -0.384 e. The van der Waals surface area contributed by atoms with Crippen LogP contribution < -0.4 is 0 Å². The van der Waals surface area contributed by atoms with E-state index in [-0.39, 0.29) is 5.78 Å². The summed E-state index contributed by atoms with van der Waals surface area (Å²) in [5, 5.41) is 9.55. The zero-order chi connectivity index (χ0) is 9.26. The number of allylic oxidation sites excluding steroid dienone is 2. The number of rotatable bonds is 0. The summed E-state index contributed by atoms with van der Waals surface area (Å²) >= 11 is 0. The van der Waals surface area contributed by atoms with E-state index in [4.69, 9.17) is 0 Å². The number of aliphatic hydroxyl groups excluding tert-OH is 1.